The molecule has 17 heavy (non-hydrogen) atoms. The molecule has 0 saturated heterocycles. The van der Waals surface area contributed by atoms with Crippen LogP contribution in [0.5, 0.6) is 0 Å². The van der Waals surface area contributed by atoms with Crippen LogP contribution in [0.25, 0.3) is 0 Å². The van der Waals surface area contributed by atoms with E-state index in [1.807, 2.05) is 13.0 Å². The molecule has 0 unspecified atom stereocenters. The summed E-state index contributed by atoms with van der Waals surface area (Å²) in [6.45, 7) is 1.86. The van der Waals surface area contributed by atoms with Crippen LogP contribution in [-0.2, 0) is 7.05 Å². The lowest BCUT2D eigenvalue weighted by molar-refractivity contribution is 0.857. The molecule has 0 radical (unpaired) electrons. The van der Waals surface area contributed by atoms with Crippen molar-refractivity contribution in [2.24, 2.45) is 7.05 Å². The Hall–Kier alpha value is -1.69. The smallest absolute Gasteiger partial charge is 0.274 e. The summed E-state index contributed by atoms with van der Waals surface area (Å²) in [5.74, 6) is 0.547. The van der Waals surface area contributed by atoms with E-state index < -0.39 is 0 Å². The van der Waals surface area contributed by atoms with E-state index in [2.05, 4.69) is 31.4 Å². The number of aromatic nitrogens is 3. The highest BCUT2D eigenvalue weighted by molar-refractivity contribution is 9.10. The standard InChI is InChI=1S/C11H11BrN4O/c1-7-3-4-10(15-14-7)13-9-5-8(12)6-16(2)11(9)17/h3-6H,1-2H3,(H,13,15). The van der Waals surface area contributed by atoms with Crippen molar-refractivity contribution in [2.75, 3.05) is 5.32 Å². The number of halogens is 1. The Labute approximate surface area is 107 Å². The van der Waals surface area contributed by atoms with E-state index in [4.69, 9.17) is 0 Å². The first kappa shape index (κ1) is 11.8. The molecule has 0 aliphatic carbocycles. The van der Waals surface area contributed by atoms with Gasteiger partial charge in [-0.15, -0.1) is 5.10 Å². The van der Waals surface area contributed by atoms with Crippen LogP contribution < -0.4 is 10.9 Å². The first-order chi connectivity index (χ1) is 8.06. The van der Waals surface area contributed by atoms with Crippen LogP contribution >= 0.6 is 15.9 Å². The largest absolute Gasteiger partial charge is 0.334 e. The van der Waals surface area contributed by atoms with Gasteiger partial charge in [0.15, 0.2) is 5.82 Å². The normalized spacial score (nSPS) is 10.3. The Morgan fingerprint density at radius 2 is 2.12 bits per heavy atom. The van der Waals surface area contributed by atoms with Crippen molar-refractivity contribution in [2.45, 2.75) is 6.92 Å². The monoisotopic (exact) mass is 294 g/mol. The highest BCUT2D eigenvalue weighted by Gasteiger charge is 2.04. The molecular weight excluding hydrogens is 284 g/mol. The second kappa shape index (κ2) is 4.67. The Kier molecular flexibility index (Phi) is 3.23. The molecule has 0 saturated carbocycles. The van der Waals surface area contributed by atoms with Gasteiger partial charge in [0.2, 0.25) is 0 Å². The number of rotatable bonds is 2. The summed E-state index contributed by atoms with van der Waals surface area (Å²) in [5.41, 5.74) is 1.17. The number of hydrogen-bond donors (Lipinski definition) is 1. The Morgan fingerprint density at radius 1 is 1.35 bits per heavy atom. The van der Waals surface area contributed by atoms with Crippen LogP contribution in [-0.4, -0.2) is 14.8 Å². The van der Waals surface area contributed by atoms with Gasteiger partial charge in [-0.3, -0.25) is 4.79 Å². The van der Waals surface area contributed by atoms with Crippen molar-refractivity contribution in [3.63, 3.8) is 0 Å². The molecular formula is C11H11BrN4O. The number of pyridine rings is 1. The van der Waals surface area contributed by atoms with Gasteiger partial charge in [0.1, 0.15) is 5.69 Å². The van der Waals surface area contributed by atoms with Crippen molar-refractivity contribution < 1.29 is 0 Å². The first-order valence-corrected chi connectivity index (χ1v) is 5.79. The third-order valence-electron chi connectivity index (χ3n) is 2.21. The van der Waals surface area contributed by atoms with E-state index in [-0.39, 0.29) is 5.56 Å². The van der Waals surface area contributed by atoms with Gasteiger partial charge in [0, 0.05) is 17.7 Å². The van der Waals surface area contributed by atoms with Gasteiger partial charge >= 0.3 is 0 Å². The van der Waals surface area contributed by atoms with Crippen molar-refractivity contribution in [3.8, 4) is 0 Å². The molecule has 6 heteroatoms. The molecule has 0 atom stereocenters. The molecule has 2 heterocycles. The number of hydrogen-bond acceptors (Lipinski definition) is 4. The first-order valence-electron chi connectivity index (χ1n) is 5.00. The zero-order valence-electron chi connectivity index (χ0n) is 9.44. The van der Waals surface area contributed by atoms with Gasteiger partial charge < -0.3 is 9.88 Å². The van der Waals surface area contributed by atoms with Crippen molar-refractivity contribution in [1.29, 1.82) is 0 Å². The molecule has 0 spiro atoms. The SMILES string of the molecule is Cc1ccc(Nc2cc(Br)cn(C)c2=O)nn1. The Bertz CT molecular complexity index is 591. The average molecular weight is 295 g/mol. The predicted molar refractivity (Wildman–Crippen MR) is 69.4 cm³/mol. The molecule has 0 bridgehead atoms. The fourth-order valence-electron chi connectivity index (χ4n) is 1.36. The summed E-state index contributed by atoms with van der Waals surface area (Å²) in [5, 5.41) is 10.8. The third-order valence-corrected chi connectivity index (χ3v) is 2.64. The molecule has 5 nitrogen and oxygen atoms in total. The molecule has 0 aromatic carbocycles. The van der Waals surface area contributed by atoms with E-state index in [9.17, 15) is 4.79 Å². The maximum absolute atomic E-state index is 11.8. The van der Waals surface area contributed by atoms with Crippen LogP contribution in [0.2, 0.25) is 0 Å². The highest BCUT2D eigenvalue weighted by atomic mass is 79.9. The van der Waals surface area contributed by atoms with Gasteiger partial charge in [-0.1, -0.05) is 0 Å². The van der Waals surface area contributed by atoms with Crippen LogP contribution in [0.3, 0.4) is 0 Å². The molecule has 88 valence electrons. The summed E-state index contributed by atoms with van der Waals surface area (Å²) in [7, 11) is 1.69. The molecule has 1 N–H and O–H groups in total. The second-order valence-corrected chi connectivity index (χ2v) is 4.59. The molecule has 0 amide bonds. The number of nitrogens with zero attached hydrogens (tertiary/aromatic N) is 3. The molecule has 0 aliphatic rings. The maximum atomic E-state index is 11.8. The van der Waals surface area contributed by atoms with Gasteiger partial charge in [-0.25, -0.2) is 0 Å². The van der Waals surface area contributed by atoms with E-state index in [0.717, 1.165) is 10.2 Å². The summed E-state index contributed by atoms with van der Waals surface area (Å²) < 4.78 is 2.32. The number of aryl methyl sites for hydroxylation is 2. The minimum atomic E-state index is -0.115. The van der Waals surface area contributed by atoms with Crippen LogP contribution in [0, 0.1) is 6.92 Å². The molecule has 2 aromatic rings. The average Bonchev–Trinajstić information content (AvgIpc) is 2.28. The van der Waals surface area contributed by atoms with Crippen LogP contribution in [0.4, 0.5) is 11.5 Å². The van der Waals surface area contributed by atoms with Crippen LogP contribution in [0.15, 0.2) is 33.7 Å². The minimum Gasteiger partial charge on any atom is -0.334 e. The Balaban J connectivity index is 2.36. The van der Waals surface area contributed by atoms with Gasteiger partial charge in [-0.2, -0.15) is 5.10 Å². The van der Waals surface area contributed by atoms with Crippen molar-refractivity contribution in [3.05, 3.63) is 44.9 Å². The quantitative estimate of drug-likeness (QED) is 0.920. The third kappa shape index (κ3) is 2.71. The highest BCUT2D eigenvalue weighted by Crippen LogP contribution is 2.14. The summed E-state index contributed by atoms with van der Waals surface area (Å²) >= 11 is 3.34. The second-order valence-electron chi connectivity index (χ2n) is 3.67. The molecule has 0 fully saturated rings. The van der Waals surface area contributed by atoms with Crippen molar-refractivity contribution >= 4 is 27.4 Å². The summed E-state index contributed by atoms with van der Waals surface area (Å²) in [6, 6.07) is 5.32. The lowest BCUT2D eigenvalue weighted by Gasteiger charge is -2.06. The van der Waals surface area contributed by atoms with E-state index in [0.29, 0.717) is 11.5 Å². The molecule has 0 aliphatic heterocycles. The number of nitrogens with one attached hydrogen (secondary N) is 1. The maximum Gasteiger partial charge on any atom is 0.274 e. The summed E-state index contributed by atoms with van der Waals surface area (Å²) in [6.07, 6.45) is 1.70. The van der Waals surface area contributed by atoms with Crippen LogP contribution in [0.1, 0.15) is 5.69 Å². The minimum absolute atomic E-state index is 0.115. The zero-order chi connectivity index (χ0) is 12.4. The number of anilines is 2. The van der Waals surface area contributed by atoms with Gasteiger partial charge in [0.05, 0.1) is 5.69 Å². The fourth-order valence-corrected chi connectivity index (χ4v) is 1.90. The predicted octanol–water partition coefficient (Wildman–Crippen LogP) is 1.99. The topological polar surface area (TPSA) is 59.8 Å². The molecule has 2 aromatic heterocycles. The van der Waals surface area contributed by atoms with E-state index in [1.165, 1.54) is 4.57 Å². The zero-order valence-corrected chi connectivity index (χ0v) is 11.0. The van der Waals surface area contributed by atoms with Gasteiger partial charge in [-0.05, 0) is 41.1 Å². The van der Waals surface area contributed by atoms with E-state index in [1.54, 1.807) is 25.4 Å². The molecule has 2 rings (SSSR count). The van der Waals surface area contributed by atoms with Gasteiger partial charge in [0.25, 0.3) is 5.56 Å². The van der Waals surface area contributed by atoms with Crippen molar-refractivity contribution in [1.82, 2.24) is 14.8 Å². The lowest BCUT2D eigenvalue weighted by atomic mass is 10.4. The lowest BCUT2D eigenvalue weighted by Crippen LogP contribution is -2.19. The Morgan fingerprint density at radius 3 is 2.76 bits per heavy atom. The summed E-state index contributed by atoms with van der Waals surface area (Å²) in [4.78, 5) is 11.8. The van der Waals surface area contributed by atoms with E-state index >= 15 is 0 Å². The fraction of sp³-hybridized carbons (Fsp3) is 0.182.